The van der Waals surface area contributed by atoms with Crippen LogP contribution in [-0.4, -0.2) is 73.8 Å². The average Bonchev–Trinajstić information content (AvgIpc) is 3.03. The summed E-state index contributed by atoms with van der Waals surface area (Å²) in [5, 5.41) is 11.0. The minimum Gasteiger partial charge on any atom is -0.359 e. The Morgan fingerprint density at radius 1 is 1.19 bits per heavy atom. The molecule has 0 aromatic carbocycles. The van der Waals surface area contributed by atoms with Crippen LogP contribution < -0.4 is 10.6 Å². The Kier molecular flexibility index (Phi) is 9.62. The summed E-state index contributed by atoms with van der Waals surface area (Å²) in [6.45, 7) is 14.4. The highest BCUT2D eigenvalue weighted by atomic mass is 16.5. The molecule has 0 aliphatic carbocycles. The second kappa shape index (κ2) is 12.0. The van der Waals surface area contributed by atoms with Crippen molar-refractivity contribution in [2.24, 2.45) is 4.99 Å². The number of aliphatic imine (C=N–C) groups is 1. The highest BCUT2D eigenvalue weighted by molar-refractivity contribution is 5.79. The number of nitrogens with one attached hydrogen (secondary N) is 2. The van der Waals surface area contributed by atoms with E-state index in [9.17, 15) is 0 Å². The molecule has 1 aromatic rings. The van der Waals surface area contributed by atoms with Crippen LogP contribution in [0.5, 0.6) is 0 Å². The Morgan fingerprint density at radius 2 is 2.00 bits per heavy atom. The van der Waals surface area contributed by atoms with Crippen LogP contribution in [0.3, 0.4) is 0 Å². The smallest absolute Gasteiger partial charge is 0.191 e. The summed E-state index contributed by atoms with van der Waals surface area (Å²) in [7, 11) is 2.20. The number of likely N-dealkylation sites (N-methyl/N-ethyl adjacent to an activating group) is 1. The average molecular weight is 379 g/mol. The third-order valence-electron chi connectivity index (χ3n) is 5.25. The number of hydrogen-bond acceptors (Lipinski definition) is 5. The number of rotatable bonds is 9. The van der Waals surface area contributed by atoms with Gasteiger partial charge in [-0.3, -0.25) is 0 Å². The van der Waals surface area contributed by atoms with E-state index in [4.69, 9.17) is 4.52 Å². The molecular weight excluding hydrogens is 340 g/mol. The van der Waals surface area contributed by atoms with Crippen molar-refractivity contribution in [3.05, 3.63) is 17.5 Å². The molecule has 0 amide bonds. The standard InChI is InChI=1S/C20H38N6O/c1-5-17(6-2)19-15-18(27-24-19)16-23-20(21-7-3)22-9-12-26-11-8-10-25(4)13-14-26/h15,17H,5-14,16H2,1-4H3,(H2,21,22,23). The fraction of sp³-hybridized carbons (Fsp3) is 0.800. The summed E-state index contributed by atoms with van der Waals surface area (Å²) in [6, 6.07) is 2.05. The van der Waals surface area contributed by atoms with Crippen LogP contribution in [-0.2, 0) is 6.54 Å². The summed E-state index contributed by atoms with van der Waals surface area (Å²) >= 11 is 0. The van der Waals surface area contributed by atoms with Crippen LogP contribution in [0.15, 0.2) is 15.6 Å². The molecule has 0 bridgehead atoms. The highest BCUT2D eigenvalue weighted by Gasteiger charge is 2.13. The van der Waals surface area contributed by atoms with E-state index in [1.807, 2.05) is 0 Å². The van der Waals surface area contributed by atoms with Crippen molar-refractivity contribution in [2.45, 2.75) is 52.5 Å². The molecule has 154 valence electrons. The molecule has 0 saturated carbocycles. The molecule has 2 heterocycles. The molecule has 7 heteroatoms. The van der Waals surface area contributed by atoms with Crippen LogP contribution in [0.4, 0.5) is 0 Å². The summed E-state index contributed by atoms with van der Waals surface area (Å²) in [6.07, 6.45) is 3.42. The van der Waals surface area contributed by atoms with E-state index in [0.29, 0.717) is 12.5 Å². The Morgan fingerprint density at radius 3 is 2.74 bits per heavy atom. The topological polar surface area (TPSA) is 68.9 Å². The van der Waals surface area contributed by atoms with Gasteiger partial charge in [0.2, 0.25) is 0 Å². The fourth-order valence-corrected chi connectivity index (χ4v) is 3.46. The Labute approximate surface area is 164 Å². The Balaban J connectivity index is 1.81. The third kappa shape index (κ3) is 7.50. The maximum Gasteiger partial charge on any atom is 0.191 e. The minimum atomic E-state index is 0.477. The SMILES string of the molecule is CCNC(=NCc1cc(C(CC)CC)no1)NCCN1CCCN(C)CC1. The van der Waals surface area contributed by atoms with Gasteiger partial charge in [-0.15, -0.1) is 0 Å². The third-order valence-corrected chi connectivity index (χ3v) is 5.25. The first-order valence-electron chi connectivity index (χ1n) is 10.5. The first kappa shape index (κ1) is 21.7. The largest absolute Gasteiger partial charge is 0.359 e. The number of guanidine groups is 1. The van der Waals surface area contributed by atoms with E-state index in [1.165, 1.54) is 19.5 Å². The maximum absolute atomic E-state index is 5.48. The molecule has 1 fully saturated rings. The van der Waals surface area contributed by atoms with Crippen LogP contribution in [0.25, 0.3) is 0 Å². The monoisotopic (exact) mass is 378 g/mol. The zero-order valence-electron chi connectivity index (χ0n) is 17.6. The zero-order chi connectivity index (χ0) is 19.5. The van der Waals surface area contributed by atoms with E-state index >= 15 is 0 Å². The molecule has 2 rings (SSSR count). The number of nitrogens with zero attached hydrogens (tertiary/aromatic N) is 4. The molecule has 0 radical (unpaired) electrons. The molecule has 0 atom stereocenters. The summed E-state index contributed by atoms with van der Waals surface area (Å²) in [5.41, 5.74) is 1.05. The van der Waals surface area contributed by atoms with Gasteiger partial charge in [0, 0.05) is 44.7 Å². The van der Waals surface area contributed by atoms with Gasteiger partial charge in [0.25, 0.3) is 0 Å². The van der Waals surface area contributed by atoms with Gasteiger partial charge >= 0.3 is 0 Å². The fourth-order valence-electron chi connectivity index (χ4n) is 3.46. The predicted octanol–water partition coefficient (Wildman–Crippen LogP) is 2.27. The van der Waals surface area contributed by atoms with Crippen molar-refractivity contribution in [1.29, 1.82) is 0 Å². The summed E-state index contributed by atoms with van der Waals surface area (Å²) < 4.78 is 5.48. The van der Waals surface area contributed by atoms with Crippen molar-refractivity contribution >= 4 is 5.96 Å². The van der Waals surface area contributed by atoms with Gasteiger partial charge in [0.1, 0.15) is 6.54 Å². The quantitative estimate of drug-likeness (QED) is 0.507. The van der Waals surface area contributed by atoms with Crippen LogP contribution in [0, 0.1) is 0 Å². The van der Waals surface area contributed by atoms with Gasteiger partial charge in [-0.1, -0.05) is 19.0 Å². The van der Waals surface area contributed by atoms with E-state index in [0.717, 1.165) is 63.0 Å². The second-order valence-electron chi connectivity index (χ2n) is 7.35. The minimum absolute atomic E-state index is 0.477. The molecule has 27 heavy (non-hydrogen) atoms. The lowest BCUT2D eigenvalue weighted by Gasteiger charge is -2.21. The van der Waals surface area contributed by atoms with Crippen molar-refractivity contribution in [2.75, 3.05) is 52.9 Å². The first-order chi connectivity index (χ1) is 13.2. The molecule has 0 spiro atoms. The molecule has 1 aliphatic heterocycles. The Hall–Kier alpha value is -1.60. The maximum atomic E-state index is 5.48. The van der Waals surface area contributed by atoms with E-state index < -0.39 is 0 Å². The lowest BCUT2D eigenvalue weighted by atomic mass is 9.99. The molecule has 1 aliphatic rings. The second-order valence-corrected chi connectivity index (χ2v) is 7.35. The van der Waals surface area contributed by atoms with E-state index in [1.54, 1.807) is 0 Å². The normalized spacial score (nSPS) is 17.3. The van der Waals surface area contributed by atoms with Crippen molar-refractivity contribution in [3.63, 3.8) is 0 Å². The lowest BCUT2D eigenvalue weighted by Crippen LogP contribution is -2.42. The van der Waals surface area contributed by atoms with Crippen molar-refractivity contribution in [3.8, 4) is 0 Å². The summed E-state index contributed by atoms with van der Waals surface area (Å²) in [4.78, 5) is 9.59. The lowest BCUT2D eigenvalue weighted by molar-refractivity contribution is 0.280. The number of aromatic nitrogens is 1. The van der Waals surface area contributed by atoms with Crippen molar-refractivity contribution < 1.29 is 4.52 Å². The molecule has 7 nitrogen and oxygen atoms in total. The van der Waals surface area contributed by atoms with Crippen LogP contribution in [0.1, 0.15) is 57.4 Å². The predicted molar refractivity (Wildman–Crippen MR) is 111 cm³/mol. The molecule has 1 saturated heterocycles. The van der Waals surface area contributed by atoms with Crippen LogP contribution >= 0.6 is 0 Å². The van der Waals surface area contributed by atoms with Gasteiger partial charge < -0.3 is 25.0 Å². The van der Waals surface area contributed by atoms with E-state index in [2.05, 4.69) is 64.5 Å². The zero-order valence-corrected chi connectivity index (χ0v) is 17.6. The van der Waals surface area contributed by atoms with E-state index in [-0.39, 0.29) is 0 Å². The van der Waals surface area contributed by atoms with Gasteiger partial charge in [0.05, 0.1) is 5.69 Å². The first-order valence-corrected chi connectivity index (χ1v) is 10.5. The molecule has 2 N–H and O–H groups in total. The van der Waals surface area contributed by atoms with Gasteiger partial charge in [0.15, 0.2) is 11.7 Å². The molecular formula is C20H38N6O. The Bertz CT molecular complexity index is 554. The van der Waals surface area contributed by atoms with Gasteiger partial charge in [-0.2, -0.15) is 0 Å². The summed E-state index contributed by atoms with van der Waals surface area (Å²) in [5.74, 6) is 2.14. The van der Waals surface area contributed by atoms with Gasteiger partial charge in [-0.05, 0) is 46.3 Å². The molecule has 0 unspecified atom stereocenters. The van der Waals surface area contributed by atoms with Gasteiger partial charge in [-0.25, -0.2) is 4.99 Å². The molecule has 1 aromatic heterocycles. The van der Waals surface area contributed by atoms with Crippen molar-refractivity contribution in [1.82, 2.24) is 25.6 Å². The highest BCUT2D eigenvalue weighted by Crippen LogP contribution is 2.22. The number of hydrogen-bond donors (Lipinski definition) is 2. The van der Waals surface area contributed by atoms with Crippen LogP contribution in [0.2, 0.25) is 0 Å².